The van der Waals surface area contributed by atoms with Crippen LogP contribution in [0, 0.1) is 5.41 Å². The molecule has 2 amide bonds. The largest absolute Gasteiger partial charge is 0.378 e. The fourth-order valence-corrected chi connectivity index (χ4v) is 3.23. The van der Waals surface area contributed by atoms with Gasteiger partial charge in [-0.05, 0) is 19.8 Å². The maximum Gasteiger partial charge on any atom is 0.245 e. The summed E-state index contributed by atoms with van der Waals surface area (Å²) in [6, 6.07) is 0.318. The van der Waals surface area contributed by atoms with E-state index in [-0.39, 0.29) is 36.9 Å². The third kappa shape index (κ3) is 3.87. The highest BCUT2D eigenvalue weighted by molar-refractivity contribution is 5.99. The molecule has 2 aliphatic carbocycles. The number of nitrogens with zero attached hydrogens (tertiary/aromatic N) is 2. The fraction of sp³-hybridized carbons (Fsp3) is 0.706. The lowest BCUT2D eigenvalue weighted by Gasteiger charge is -2.57. The van der Waals surface area contributed by atoms with E-state index in [1.807, 2.05) is 20.8 Å². The number of carbonyl (C=O) groups excluding carboxylic acids is 2. The van der Waals surface area contributed by atoms with Crippen LogP contribution in [0.1, 0.15) is 40.0 Å². The Hall–Kier alpha value is -1.64. The molecular weight excluding hydrogens is 358 g/mol. The minimum absolute atomic E-state index is 0. The van der Waals surface area contributed by atoms with Crippen LogP contribution in [0.4, 0.5) is 5.69 Å². The van der Waals surface area contributed by atoms with E-state index in [2.05, 4.69) is 15.7 Å². The first-order chi connectivity index (χ1) is 11.8. The van der Waals surface area contributed by atoms with Gasteiger partial charge in [-0.1, -0.05) is 13.8 Å². The van der Waals surface area contributed by atoms with Crippen LogP contribution in [0.15, 0.2) is 12.4 Å². The molecule has 0 bridgehead atoms. The molecule has 2 atom stereocenters. The summed E-state index contributed by atoms with van der Waals surface area (Å²) in [5.41, 5.74) is 5.45. The first-order valence-corrected chi connectivity index (χ1v) is 8.80. The zero-order valence-corrected chi connectivity index (χ0v) is 16.3. The number of hydrogen-bond acceptors (Lipinski definition) is 5. The second-order valence-electron chi connectivity index (χ2n) is 7.56. The summed E-state index contributed by atoms with van der Waals surface area (Å²) in [6.07, 6.45) is 5.71. The van der Waals surface area contributed by atoms with Crippen molar-refractivity contribution in [3.05, 3.63) is 12.4 Å². The molecule has 0 radical (unpaired) electrons. The number of halogens is 1. The minimum Gasteiger partial charge on any atom is -0.378 e. The van der Waals surface area contributed by atoms with Gasteiger partial charge in [-0.3, -0.25) is 14.3 Å². The Bertz CT molecular complexity index is 673. The van der Waals surface area contributed by atoms with Gasteiger partial charge in [0.25, 0.3) is 0 Å². The van der Waals surface area contributed by atoms with Crippen LogP contribution in [-0.4, -0.2) is 45.9 Å². The lowest BCUT2D eigenvalue weighted by Crippen LogP contribution is -2.74. The first-order valence-electron chi connectivity index (χ1n) is 8.80. The van der Waals surface area contributed by atoms with Crippen LogP contribution < -0.4 is 16.4 Å². The van der Waals surface area contributed by atoms with E-state index >= 15 is 0 Å². The zero-order valence-electron chi connectivity index (χ0n) is 15.4. The van der Waals surface area contributed by atoms with Crippen molar-refractivity contribution in [2.75, 3.05) is 11.9 Å². The third-order valence-corrected chi connectivity index (χ3v) is 5.37. The molecule has 0 saturated heterocycles. The lowest BCUT2D eigenvalue weighted by molar-refractivity contribution is -0.166. The number of carbonyl (C=O) groups is 2. The molecule has 9 heteroatoms. The van der Waals surface area contributed by atoms with Crippen molar-refractivity contribution in [3.8, 4) is 0 Å². The van der Waals surface area contributed by atoms with E-state index < -0.39 is 11.0 Å². The van der Waals surface area contributed by atoms with Crippen LogP contribution in [0.25, 0.3) is 0 Å². The van der Waals surface area contributed by atoms with Gasteiger partial charge in [-0.2, -0.15) is 5.10 Å². The molecule has 26 heavy (non-hydrogen) atoms. The van der Waals surface area contributed by atoms with Gasteiger partial charge in [0, 0.05) is 30.7 Å². The summed E-state index contributed by atoms with van der Waals surface area (Å²) in [5, 5.41) is 9.84. The molecule has 4 N–H and O–H groups in total. The molecule has 2 unspecified atom stereocenters. The number of aromatic nitrogens is 2. The Morgan fingerprint density at radius 2 is 2.12 bits per heavy atom. The van der Waals surface area contributed by atoms with E-state index in [0.29, 0.717) is 24.8 Å². The standard InChI is InChI=1S/C17H27N5O3.ClH/c1-4-25-13-7-17(18,16(13,2)3)15(24)21-12-8-19-22(9-12)10-14(23)20-11-5-6-11;/h8-9,11,13H,4-7,10,18H2,1-3H3,(H,20,23)(H,21,24);1H. The van der Waals surface area contributed by atoms with Crippen molar-refractivity contribution in [3.63, 3.8) is 0 Å². The topological polar surface area (TPSA) is 111 Å². The number of rotatable bonds is 7. The maximum atomic E-state index is 12.7. The van der Waals surface area contributed by atoms with Gasteiger partial charge in [-0.25, -0.2) is 0 Å². The molecular formula is C17H28ClN5O3. The molecule has 2 fully saturated rings. The molecule has 0 spiro atoms. The summed E-state index contributed by atoms with van der Waals surface area (Å²) in [6.45, 7) is 6.56. The molecule has 1 aromatic heterocycles. The Kier molecular flexibility index (Phi) is 5.99. The van der Waals surface area contributed by atoms with E-state index in [4.69, 9.17) is 10.5 Å². The Morgan fingerprint density at radius 3 is 2.69 bits per heavy atom. The average Bonchev–Trinajstić information content (AvgIpc) is 3.25. The van der Waals surface area contributed by atoms with E-state index in [9.17, 15) is 9.59 Å². The Labute approximate surface area is 159 Å². The van der Waals surface area contributed by atoms with Crippen molar-refractivity contribution in [1.29, 1.82) is 0 Å². The van der Waals surface area contributed by atoms with Crippen molar-refractivity contribution in [2.45, 2.75) is 64.3 Å². The summed E-state index contributed by atoms with van der Waals surface area (Å²) < 4.78 is 7.16. The molecule has 2 aliphatic rings. The van der Waals surface area contributed by atoms with Gasteiger partial charge in [0.15, 0.2) is 0 Å². The molecule has 1 heterocycles. The lowest BCUT2D eigenvalue weighted by atomic mass is 9.54. The number of nitrogens with two attached hydrogens (primary N) is 1. The SMILES string of the molecule is CCOC1CC(N)(C(=O)Nc2cnn(CC(=O)NC3CC3)c2)C1(C)C.Cl. The maximum absolute atomic E-state index is 12.7. The van der Waals surface area contributed by atoms with Gasteiger partial charge in [0.05, 0.1) is 18.0 Å². The predicted molar refractivity (Wildman–Crippen MR) is 100.0 cm³/mol. The number of ether oxygens (including phenoxy) is 1. The molecule has 8 nitrogen and oxygen atoms in total. The summed E-state index contributed by atoms with van der Waals surface area (Å²) in [7, 11) is 0. The van der Waals surface area contributed by atoms with Crippen LogP contribution in [0.2, 0.25) is 0 Å². The van der Waals surface area contributed by atoms with Crippen LogP contribution in [0.3, 0.4) is 0 Å². The first kappa shape index (κ1) is 20.7. The van der Waals surface area contributed by atoms with Crippen molar-refractivity contribution in [2.24, 2.45) is 11.1 Å². The Balaban J connectivity index is 0.00000243. The smallest absolute Gasteiger partial charge is 0.245 e. The number of hydrogen-bond donors (Lipinski definition) is 3. The highest BCUT2D eigenvalue weighted by atomic mass is 35.5. The quantitative estimate of drug-likeness (QED) is 0.649. The normalized spacial score (nSPS) is 26.4. The molecule has 3 rings (SSSR count). The van der Waals surface area contributed by atoms with Gasteiger partial charge in [-0.15, -0.1) is 12.4 Å². The van der Waals surface area contributed by atoms with E-state index in [0.717, 1.165) is 12.8 Å². The number of nitrogens with one attached hydrogen (secondary N) is 2. The van der Waals surface area contributed by atoms with Crippen molar-refractivity contribution < 1.29 is 14.3 Å². The molecule has 1 aromatic rings. The second-order valence-corrected chi connectivity index (χ2v) is 7.56. The number of amides is 2. The third-order valence-electron chi connectivity index (χ3n) is 5.37. The zero-order chi connectivity index (χ0) is 18.2. The summed E-state index contributed by atoms with van der Waals surface area (Å²) >= 11 is 0. The van der Waals surface area contributed by atoms with Gasteiger partial charge >= 0.3 is 0 Å². The van der Waals surface area contributed by atoms with Crippen molar-refractivity contribution >= 4 is 29.9 Å². The van der Waals surface area contributed by atoms with Crippen LogP contribution in [-0.2, 0) is 20.9 Å². The molecule has 0 aliphatic heterocycles. The molecule has 146 valence electrons. The number of anilines is 1. The summed E-state index contributed by atoms with van der Waals surface area (Å²) in [4.78, 5) is 24.5. The monoisotopic (exact) mass is 385 g/mol. The average molecular weight is 386 g/mol. The van der Waals surface area contributed by atoms with Crippen LogP contribution >= 0.6 is 12.4 Å². The van der Waals surface area contributed by atoms with E-state index in [1.54, 1.807) is 6.20 Å². The van der Waals surface area contributed by atoms with Crippen molar-refractivity contribution in [1.82, 2.24) is 15.1 Å². The minimum atomic E-state index is -0.988. The van der Waals surface area contributed by atoms with E-state index in [1.165, 1.54) is 10.9 Å². The fourth-order valence-electron chi connectivity index (χ4n) is 3.23. The Morgan fingerprint density at radius 1 is 1.42 bits per heavy atom. The van der Waals surface area contributed by atoms with Gasteiger partial charge < -0.3 is 21.1 Å². The second kappa shape index (κ2) is 7.54. The molecule has 0 aromatic carbocycles. The molecule has 2 saturated carbocycles. The highest BCUT2D eigenvalue weighted by Crippen LogP contribution is 2.50. The summed E-state index contributed by atoms with van der Waals surface area (Å²) in [5.74, 6) is -0.325. The predicted octanol–water partition coefficient (Wildman–Crippen LogP) is 1.05. The van der Waals surface area contributed by atoms with Gasteiger partial charge in [0.1, 0.15) is 12.1 Å². The van der Waals surface area contributed by atoms with Gasteiger partial charge in [0.2, 0.25) is 11.8 Å². The van der Waals surface area contributed by atoms with Crippen LogP contribution in [0.5, 0.6) is 0 Å². The highest BCUT2D eigenvalue weighted by Gasteiger charge is 2.62.